The van der Waals surface area contributed by atoms with Gasteiger partial charge in [0.15, 0.2) is 0 Å². The zero-order valence-corrected chi connectivity index (χ0v) is 14.4. The molecule has 0 fully saturated rings. The average Bonchev–Trinajstić information content (AvgIpc) is 2.57. The van der Waals surface area contributed by atoms with E-state index in [9.17, 15) is 9.18 Å². The van der Waals surface area contributed by atoms with Crippen LogP contribution in [0.5, 0.6) is 0 Å². The van der Waals surface area contributed by atoms with Crippen molar-refractivity contribution in [2.75, 3.05) is 23.3 Å². The van der Waals surface area contributed by atoms with Crippen molar-refractivity contribution in [2.45, 2.75) is 33.1 Å². The quantitative estimate of drug-likeness (QED) is 0.766. The molecular formula is C20H25FN2O. The smallest absolute Gasteiger partial charge is 0.228 e. The lowest BCUT2D eigenvalue weighted by atomic mass is 10.1. The number of rotatable bonds is 8. The van der Waals surface area contributed by atoms with Gasteiger partial charge in [0.2, 0.25) is 5.91 Å². The van der Waals surface area contributed by atoms with Crippen LogP contribution in [0, 0.1) is 5.82 Å². The van der Waals surface area contributed by atoms with Crippen LogP contribution in [0.4, 0.5) is 15.8 Å². The molecule has 0 aromatic heterocycles. The highest BCUT2D eigenvalue weighted by Crippen LogP contribution is 2.19. The van der Waals surface area contributed by atoms with Crippen molar-refractivity contribution in [1.82, 2.24) is 0 Å². The molecule has 0 aliphatic carbocycles. The molecule has 2 aromatic carbocycles. The Balaban J connectivity index is 1.98. The Kier molecular flexibility index (Phi) is 6.79. The van der Waals surface area contributed by atoms with E-state index in [1.165, 1.54) is 6.07 Å². The molecule has 0 radical (unpaired) electrons. The van der Waals surface area contributed by atoms with Crippen molar-refractivity contribution in [2.24, 2.45) is 0 Å². The molecule has 4 heteroatoms. The average molecular weight is 328 g/mol. The maximum atomic E-state index is 13.6. The van der Waals surface area contributed by atoms with Crippen LogP contribution in [-0.4, -0.2) is 19.0 Å². The fourth-order valence-corrected chi connectivity index (χ4v) is 2.69. The highest BCUT2D eigenvalue weighted by Gasteiger charge is 2.09. The summed E-state index contributed by atoms with van der Waals surface area (Å²) < 4.78 is 13.6. The summed E-state index contributed by atoms with van der Waals surface area (Å²) in [5, 5.41) is 2.82. The van der Waals surface area contributed by atoms with Crippen LogP contribution < -0.4 is 10.2 Å². The zero-order valence-electron chi connectivity index (χ0n) is 14.4. The molecule has 0 heterocycles. The maximum absolute atomic E-state index is 13.6. The molecule has 0 saturated heterocycles. The molecular weight excluding hydrogens is 303 g/mol. The lowest BCUT2D eigenvalue weighted by molar-refractivity contribution is -0.115. The van der Waals surface area contributed by atoms with E-state index in [0.717, 1.165) is 37.3 Å². The van der Waals surface area contributed by atoms with Crippen LogP contribution in [-0.2, 0) is 11.2 Å². The second-order valence-electron chi connectivity index (χ2n) is 5.85. The second-order valence-corrected chi connectivity index (χ2v) is 5.85. The van der Waals surface area contributed by atoms with Gasteiger partial charge in [0.05, 0.1) is 6.42 Å². The summed E-state index contributed by atoms with van der Waals surface area (Å²) in [5.74, 6) is -0.565. The van der Waals surface area contributed by atoms with Crippen LogP contribution in [0.25, 0.3) is 0 Å². The number of hydrogen-bond acceptors (Lipinski definition) is 2. The van der Waals surface area contributed by atoms with Crippen LogP contribution >= 0.6 is 0 Å². The number of carbonyl (C=O) groups excluding carboxylic acids is 1. The topological polar surface area (TPSA) is 32.3 Å². The molecule has 24 heavy (non-hydrogen) atoms. The number of nitrogens with one attached hydrogen (secondary N) is 1. The number of halogens is 1. The normalized spacial score (nSPS) is 10.5. The van der Waals surface area contributed by atoms with E-state index in [1.54, 1.807) is 18.2 Å². The predicted molar refractivity (Wildman–Crippen MR) is 98.0 cm³/mol. The zero-order chi connectivity index (χ0) is 17.4. The third kappa shape index (κ3) is 5.08. The van der Waals surface area contributed by atoms with Gasteiger partial charge in [-0.2, -0.15) is 0 Å². The first-order valence-electron chi connectivity index (χ1n) is 8.52. The lowest BCUT2D eigenvalue weighted by Crippen LogP contribution is -2.24. The summed E-state index contributed by atoms with van der Waals surface area (Å²) in [6, 6.07) is 14.2. The lowest BCUT2D eigenvalue weighted by Gasteiger charge is -2.24. The minimum Gasteiger partial charge on any atom is -0.372 e. The fraction of sp³-hybridized carbons (Fsp3) is 0.350. The summed E-state index contributed by atoms with van der Waals surface area (Å²) >= 11 is 0. The van der Waals surface area contributed by atoms with Crippen molar-refractivity contribution in [3.63, 3.8) is 0 Å². The molecule has 2 rings (SSSR count). The van der Waals surface area contributed by atoms with Crippen molar-refractivity contribution < 1.29 is 9.18 Å². The number of anilines is 2. The summed E-state index contributed by atoms with van der Waals surface area (Å²) in [6.45, 7) is 6.37. The van der Waals surface area contributed by atoms with E-state index in [0.29, 0.717) is 5.56 Å². The largest absolute Gasteiger partial charge is 0.372 e. The molecule has 1 N–H and O–H groups in total. The van der Waals surface area contributed by atoms with Gasteiger partial charge in [-0.25, -0.2) is 4.39 Å². The van der Waals surface area contributed by atoms with Gasteiger partial charge in [-0.3, -0.25) is 4.79 Å². The standard InChI is InChI=1S/C20H25FN2O/c1-3-13-23(14-4-2)18-11-9-17(10-12-18)22-20(24)15-16-7-5-6-8-19(16)21/h5-12H,3-4,13-15H2,1-2H3,(H,22,24). The molecule has 0 aliphatic rings. The first-order valence-corrected chi connectivity index (χ1v) is 8.52. The second kappa shape index (κ2) is 9.06. The van der Waals surface area contributed by atoms with Crippen molar-refractivity contribution in [1.29, 1.82) is 0 Å². The summed E-state index contributed by atoms with van der Waals surface area (Å²) in [4.78, 5) is 14.4. The summed E-state index contributed by atoms with van der Waals surface area (Å²) in [6.07, 6.45) is 2.23. The fourth-order valence-electron chi connectivity index (χ4n) is 2.69. The minimum absolute atomic E-state index is 0.0339. The summed E-state index contributed by atoms with van der Waals surface area (Å²) in [7, 11) is 0. The molecule has 0 bridgehead atoms. The van der Waals surface area contributed by atoms with Gasteiger partial charge in [-0.15, -0.1) is 0 Å². The highest BCUT2D eigenvalue weighted by atomic mass is 19.1. The van der Waals surface area contributed by atoms with Crippen LogP contribution in [0.1, 0.15) is 32.3 Å². The molecule has 128 valence electrons. The first-order chi connectivity index (χ1) is 11.6. The van der Waals surface area contributed by atoms with Gasteiger partial charge < -0.3 is 10.2 Å². The van der Waals surface area contributed by atoms with Crippen LogP contribution in [0.3, 0.4) is 0 Å². The highest BCUT2D eigenvalue weighted by molar-refractivity contribution is 5.92. The molecule has 1 amide bonds. The Hall–Kier alpha value is -2.36. The maximum Gasteiger partial charge on any atom is 0.228 e. The van der Waals surface area contributed by atoms with Gasteiger partial charge in [0, 0.05) is 24.5 Å². The van der Waals surface area contributed by atoms with Gasteiger partial charge in [0.25, 0.3) is 0 Å². The number of amides is 1. The van der Waals surface area contributed by atoms with E-state index in [2.05, 4.69) is 24.1 Å². The Morgan fingerprint density at radius 3 is 2.21 bits per heavy atom. The molecule has 0 atom stereocenters. The third-order valence-electron chi connectivity index (χ3n) is 3.81. The number of hydrogen-bond donors (Lipinski definition) is 1. The summed E-state index contributed by atoms with van der Waals surface area (Å²) in [5.41, 5.74) is 2.29. The van der Waals surface area contributed by atoms with Gasteiger partial charge in [-0.1, -0.05) is 32.0 Å². The van der Waals surface area contributed by atoms with Crippen molar-refractivity contribution in [3.8, 4) is 0 Å². The Morgan fingerprint density at radius 2 is 1.62 bits per heavy atom. The van der Waals surface area contributed by atoms with Crippen molar-refractivity contribution >= 4 is 17.3 Å². The molecule has 0 spiro atoms. The molecule has 2 aromatic rings. The molecule has 0 aliphatic heterocycles. The van der Waals surface area contributed by atoms with Gasteiger partial charge in [-0.05, 0) is 48.7 Å². The first kappa shape index (κ1) is 18.0. The minimum atomic E-state index is -0.349. The SMILES string of the molecule is CCCN(CCC)c1ccc(NC(=O)Cc2ccccc2F)cc1. The molecule has 0 unspecified atom stereocenters. The van der Waals surface area contributed by atoms with Gasteiger partial charge in [0.1, 0.15) is 5.82 Å². The molecule has 0 saturated carbocycles. The van der Waals surface area contributed by atoms with E-state index in [-0.39, 0.29) is 18.1 Å². The monoisotopic (exact) mass is 328 g/mol. The number of carbonyl (C=O) groups is 1. The number of nitrogens with zero attached hydrogens (tertiary/aromatic N) is 1. The third-order valence-corrected chi connectivity index (χ3v) is 3.81. The van der Waals surface area contributed by atoms with E-state index in [1.807, 2.05) is 24.3 Å². The Morgan fingerprint density at radius 1 is 1.00 bits per heavy atom. The Bertz CT molecular complexity index is 649. The number of benzene rings is 2. The van der Waals surface area contributed by atoms with Crippen LogP contribution in [0.15, 0.2) is 48.5 Å². The molecule has 3 nitrogen and oxygen atoms in total. The predicted octanol–water partition coefficient (Wildman–Crippen LogP) is 4.63. The van der Waals surface area contributed by atoms with Crippen molar-refractivity contribution in [3.05, 3.63) is 59.9 Å². The van der Waals surface area contributed by atoms with Crippen LogP contribution in [0.2, 0.25) is 0 Å². The van der Waals surface area contributed by atoms with Gasteiger partial charge >= 0.3 is 0 Å². The van der Waals surface area contributed by atoms with E-state index >= 15 is 0 Å². The Labute approximate surface area is 143 Å². The van der Waals surface area contributed by atoms with E-state index in [4.69, 9.17) is 0 Å². The van der Waals surface area contributed by atoms with E-state index < -0.39 is 0 Å².